The van der Waals surface area contributed by atoms with Gasteiger partial charge < -0.3 is 0 Å². The Kier molecular flexibility index (Phi) is 3.66. The molecule has 0 spiro atoms. The van der Waals surface area contributed by atoms with Gasteiger partial charge in [-0.15, -0.1) is 11.6 Å². The Labute approximate surface area is 97.0 Å². The van der Waals surface area contributed by atoms with E-state index in [0.29, 0.717) is 0 Å². The van der Waals surface area contributed by atoms with Crippen LogP contribution >= 0.6 is 11.6 Å². The Bertz CT molecular complexity index is 303. The molecule has 0 bridgehead atoms. The van der Waals surface area contributed by atoms with Crippen molar-refractivity contribution in [3.63, 3.8) is 0 Å². The van der Waals surface area contributed by atoms with Crippen molar-refractivity contribution in [2.45, 2.75) is 32.4 Å². The van der Waals surface area contributed by atoms with Crippen LogP contribution in [0.5, 0.6) is 0 Å². The summed E-state index contributed by atoms with van der Waals surface area (Å²) in [5.41, 5.74) is 2.73. The van der Waals surface area contributed by atoms with E-state index in [4.69, 9.17) is 11.6 Å². The maximum absolute atomic E-state index is 5.82. The van der Waals surface area contributed by atoms with Crippen LogP contribution in [0.15, 0.2) is 24.3 Å². The van der Waals surface area contributed by atoms with Gasteiger partial charge in [0.2, 0.25) is 0 Å². The van der Waals surface area contributed by atoms with Crippen LogP contribution in [0.2, 0.25) is 0 Å². The van der Waals surface area contributed by atoms with E-state index in [1.807, 2.05) is 0 Å². The molecule has 0 unspecified atom stereocenters. The molecule has 0 heterocycles. The third kappa shape index (κ3) is 3.22. The van der Waals surface area contributed by atoms with Crippen molar-refractivity contribution in [3.05, 3.63) is 35.4 Å². The van der Waals surface area contributed by atoms with Crippen molar-refractivity contribution in [2.75, 3.05) is 12.4 Å². The first-order valence-corrected chi connectivity index (χ1v) is 6.18. The summed E-state index contributed by atoms with van der Waals surface area (Å²) in [5, 5.41) is 0. The molecule has 0 aromatic heterocycles. The summed E-state index contributed by atoms with van der Waals surface area (Å²) < 4.78 is 0. The summed E-state index contributed by atoms with van der Waals surface area (Å²) in [4.78, 5) is 2.50. The minimum absolute atomic E-state index is 0.738. The van der Waals surface area contributed by atoms with Crippen molar-refractivity contribution < 1.29 is 0 Å². The van der Waals surface area contributed by atoms with E-state index in [1.54, 1.807) is 0 Å². The molecule has 82 valence electrons. The van der Waals surface area contributed by atoms with Crippen LogP contribution in [-0.2, 0) is 6.54 Å². The monoisotopic (exact) mass is 223 g/mol. The lowest BCUT2D eigenvalue weighted by Gasteiger charge is -2.20. The van der Waals surface area contributed by atoms with Crippen molar-refractivity contribution in [1.29, 1.82) is 0 Å². The summed E-state index contributed by atoms with van der Waals surface area (Å²) in [7, 11) is 0. The highest BCUT2D eigenvalue weighted by atomic mass is 35.5. The minimum Gasteiger partial charge on any atom is -0.295 e. The molecule has 0 saturated heterocycles. The fourth-order valence-electron chi connectivity index (χ4n) is 1.87. The largest absolute Gasteiger partial charge is 0.295 e. The average Bonchev–Trinajstić information content (AvgIpc) is 3.04. The SMILES string of the molecule is Cc1ccc(CN(CCCl)C2CC2)cc1. The fraction of sp³-hybridized carbons (Fsp3) is 0.538. The Balaban J connectivity index is 1.95. The number of benzene rings is 1. The number of alkyl halides is 1. The van der Waals surface area contributed by atoms with Crippen molar-refractivity contribution in [3.8, 4) is 0 Å². The maximum Gasteiger partial charge on any atom is 0.0351 e. The maximum atomic E-state index is 5.82. The Morgan fingerprint density at radius 1 is 1.27 bits per heavy atom. The van der Waals surface area contributed by atoms with Crippen LogP contribution < -0.4 is 0 Å². The van der Waals surface area contributed by atoms with E-state index in [2.05, 4.69) is 36.1 Å². The molecule has 0 aliphatic heterocycles. The lowest BCUT2D eigenvalue weighted by molar-refractivity contribution is 0.271. The number of aryl methyl sites for hydroxylation is 1. The molecule has 1 nitrogen and oxygen atoms in total. The number of nitrogens with zero attached hydrogens (tertiary/aromatic N) is 1. The van der Waals surface area contributed by atoms with Crippen molar-refractivity contribution >= 4 is 11.6 Å². The fourth-order valence-corrected chi connectivity index (χ4v) is 2.08. The highest BCUT2D eigenvalue weighted by Gasteiger charge is 2.28. The van der Waals surface area contributed by atoms with Gasteiger partial charge >= 0.3 is 0 Å². The van der Waals surface area contributed by atoms with Gasteiger partial charge in [-0.05, 0) is 25.3 Å². The molecule has 1 aliphatic rings. The lowest BCUT2D eigenvalue weighted by Crippen LogP contribution is -2.27. The first kappa shape index (κ1) is 11.0. The standard InChI is InChI=1S/C13H18ClN/c1-11-2-4-12(5-3-11)10-15(9-8-14)13-6-7-13/h2-5,13H,6-10H2,1H3. The van der Waals surface area contributed by atoms with Crippen molar-refractivity contribution in [1.82, 2.24) is 4.90 Å². The number of hydrogen-bond acceptors (Lipinski definition) is 1. The molecule has 0 atom stereocenters. The number of hydrogen-bond donors (Lipinski definition) is 0. The predicted molar refractivity (Wildman–Crippen MR) is 65.3 cm³/mol. The van der Waals surface area contributed by atoms with E-state index in [-0.39, 0.29) is 0 Å². The van der Waals surface area contributed by atoms with E-state index >= 15 is 0 Å². The van der Waals surface area contributed by atoms with E-state index in [1.165, 1.54) is 24.0 Å². The van der Waals surface area contributed by atoms with Crippen LogP contribution in [0.1, 0.15) is 24.0 Å². The first-order chi connectivity index (χ1) is 7.29. The van der Waals surface area contributed by atoms with Crippen LogP contribution in [0, 0.1) is 6.92 Å². The van der Waals surface area contributed by atoms with E-state index < -0.39 is 0 Å². The van der Waals surface area contributed by atoms with Gasteiger partial charge in [0.15, 0.2) is 0 Å². The number of rotatable bonds is 5. The molecule has 0 radical (unpaired) electrons. The first-order valence-electron chi connectivity index (χ1n) is 5.65. The molecule has 15 heavy (non-hydrogen) atoms. The molecular formula is C13H18ClN. The minimum atomic E-state index is 0.738. The second kappa shape index (κ2) is 5.00. The lowest BCUT2D eigenvalue weighted by atomic mass is 10.1. The molecule has 2 heteroatoms. The summed E-state index contributed by atoms with van der Waals surface area (Å²) in [6, 6.07) is 9.60. The summed E-state index contributed by atoms with van der Waals surface area (Å²) in [5.74, 6) is 0.738. The molecule has 1 fully saturated rings. The van der Waals surface area contributed by atoms with E-state index in [9.17, 15) is 0 Å². The van der Waals surface area contributed by atoms with Crippen LogP contribution in [-0.4, -0.2) is 23.4 Å². The second-order valence-corrected chi connectivity index (χ2v) is 4.75. The molecule has 2 rings (SSSR count). The topological polar surface area (TPSA) is 3.24 Å². The molecule has 0 amide bonds. The molecule has 1 aliphatic carbocycles. The smallest absolute Gasteiger partial charge is 0.0351 e. The van der Waals surface area contributed by atoms with Gasteiger partial charge in [-0.25, -0.2) is 0 Å². The van der Waals surface area contributed by atoms with Gasteiger partial charge in [-0.3, -0.25) is 4.90 Å². The predicted octanol–water partition coefficient (Wildman–Crippen LogP) is 3.20. The molecule has 1 saturated carbocycles. The zero-order chi connectivity index (χ0) is 10.7. The summed E-state index contributed by atoms with van der Waals surface area (Å²) in [6.07, 6.45) is 2.70. The quantitative estimate of drug-likeness (QED) is 0.693. The van der Waals surface area contributed by atoms with Gasteiger partial charge in [-0.2, -0.15) is 0 Å². The average molecular weight is 224 g/mol. The molecule has 0 N–H and O–H groups in total. The highest BCUT2D eigenvalue weighted by molar-refractivity contribution is 6.18. The third-order valence-electron chi connectivity index (χ3n) is 2.94. The zero-order valence-electron chi connectivity index (χ0n) is 9.25. The highest BCUT2D eigenvalue weighted by Crippen LogP contribution is 2.28. The Hall–Kier alpha value is -0.530. The summed E-state index contributed by atoms with van der Waals surface area (Å²) >= 11 is 5.82. The molecule has 1 aromatic rings. The van der Waals surface area contributed by atoms with Crippen LogP contribution in [0.4, 0.5) is 0 Å². The number of halogens is 1. The van der Waals surface area contributed by atoms with Crippen molar-refractivity contribution in [2.24, 2.45) is 0 Å². The van der Waals surface area contributed by atoms with Crippen LogP contribution in [0.3, 0.4) is 0 Å². The van der Waals surface area contributed by atoms with Gasteiger partial charge in [0.25, 0.3) is 0 Å². The van der Waals surface area contributed by atoms with E-state index in [0.717, 1.165) is 25.0 Å². The third-order valence-corrected chi connectivity index (χ3v) is 3.11. The molecule has 1 aromatic carbocycles. The zero-order valence-corrected chi connectivity index (χ0v) is 10.0. The van der Waals surface area contributed by atoms with Gasteiger partial charge in [0, 0.05) is 25.0 Å². The Morgan fingerprint density at radius 2 is 1.93 bits per heavy atom. The van der Waals surface area contributed by atoms with Gasteiger partial charge in [0.05, 0.1) is 0 Å². The Morgan fingerprint density at radius 3 is 2.47 bits per heavy atom. The van der Waals surface area contributed by atoms with Gasteiger partial charge in [0.1, 0.15) is 0 Å². The second-order valence-electron chi connectivity index (χ2n) is 4.38. The summed E-state index contributed by atoms with van der Waals surface area (Å²) in [6.45, 7) is 4.19. The van der Waals surface area contributed by atoms with Crippen LogP contribution in [0.25, 0.3) is 0 Å². The van der Waals surface area contributed by atoms with Gasteiger partial charge in [-0.1, -0.05) is 29.8 Å². The normalized spacial score (nSPS) is 15.9. The molecular weight excluding hydrogens is 206 g/mol.